The van der Waals surface area contributed by atoms with Crippen LogP contribution in [-0.2, 0) is 6.54 Å². The van der Waals surface area contributed by atoms with Crippen LogP contribution in [0.25, 0.3) is 0 Å². The van der Waals surface area contributed by atoms with Gasteiger partial charge >= 0.3 is 0 Å². The summed E-state index contributed by atoms with van der Waals surface area (Å²) >= 11 is 0. The molecule has 1 aromatic carbocycles. The second-order valence-electron chi connectivity index (χ2n) is 4.23. The molecule has 7 heteroatoms. The van der Waals surface area contributed by atoms with Crippen LogP contribution in [-0.4, -0.2) is 22.9 Å². The lowest BCUT2D eigenvalue weighted by atomic mass is 10.2. The minimum Gasteiger partial charge on any atom is -0.382 e. The normalized spacial score (nSPS) is 10.6. The van der Waals surface area contributed by atoms with E-state index in [0.717, 1.165) is 22.9 Å². The molecule has 0 unspecified atom stereocenters. The van der Waals surface area contributed by atoms with Crippen LogP contribution in [0.1, 0.15) is 5.56 Å². The molecule has 0 aliphatic heterocycles. The monoisotopic (exact) mass is 280 g/mol. The maximum atomic E-state index is 13.1. The van der Waals surface area contributed by atoms with E-state index in [1.807, 2.05) is 0 Å². The van der Waals surface area contributed by atoms with Gasteiger partial charge in [0.05, 0.1) is 18.4 Å². The van der Waals surface area contributed by atoms with Crippen molar-refractivity contribution in [3.8, 4) is 0 Å². The van der Waals surface area contributed by atoms with E-state index >= 15 is 0 Å². The Hall–Kier alpha value is -2.28. The maximum absolute atomic E-state index is 13.1. The first kappa shape index (κ1) is 14.1. The van der Waals surface area contributed by atoms with Gasteiger partial charge in [-0.3, -0.25) is 4.79 Å². The van der Waals surface area contributed by atoms with Crippen LogP contribution in [0.3, 0.4) is 0 Å². The third kappa shape index (κ3) is 3.61. The van der Waals surface area contributed by atoms with Crippen molar-refractivity contribution in [1.82, 2.24) is 9.78 Å². The van der Waals surface area contributed by atoms with Crippen molar-refractivity contribution in [1.29, 1.82) is 0 Å². The molecular weight excluding hydrogens is 266 g/mol. The Balaban J connectivity index is 2.19. The molecule has 5 nitrogen and oxygen atoms in total. The lowest BCUT2D eigenvalue weighted by molar-refractivity contribution is 0.571. The Kier molecular flexibility index (Phi) is 4.41. The molecule has 106 valence electrons. The van der Waals surface area contributed by atoms with E-state index in [9.17, 15) is 13.6 Å². The van der Waals surface area contributed by atoms with E-state index in [2.05, 4.69) is 10.4 Å². The number of nitrogens with two attached hydrogens (primary N) is 1. The molecule has 1 heterocycles. The van der Waals surface area contributed by atoms with Crippen molar-refractivity contribution < 1.29 is 8.78 Å². The van der Waals surface area contributed by atoms with Gasteiger partial charge < -0.3 is 11.1 Å². The van der Waals surface area contributed by atoms with Crippen molar-refractivity contribution in [2.75, 3.05) is 18.4 Å². The zero-order valence-electron chi connectivity index (χ0n) is 10.6. The molecule has 0 saturated heterocycles. The summed E-state index contributed by atoms with van der Waals surface area (Å²) in [7, 11) is 0. The summed E-state index contributed by atoms with van der Waals surface area (Å²) in [5, 5.41) is 6.87. The average Bonchev–Trinajstić information content (AvgIpc) is 2.38. The van der Waals surface area contributed by atoms with Crippen molar-refractivity contribution >= 4 is 5.69 Å². The fraction of sp³-hybridized carbons (Fsp3) is 0.231. The van der Waals surface area contributed by atoms with Crippen molar-refractivity contribution in [2.24, 2.45) is 5.73 Å². The molecule has 0 spiro atoms. The maximum Gasteiger partial charge on any atom is 0.269 e. The van der Waals surface area contributed by atoms with Gasteiger partial charge in [-0.1, -0.05) is 0 Å². The molecule has 2 rings (SSSR count). The molecule has 0 amide bonds. The molecule has 0 aliphatic rings. The third-order valence-electron chi connectivity index (χ3n) is 2.60. The van der Waals surface area contributed by atoms with E-state index in [4.69, 9.17) is 5.73 Å². The first-order valence-electron chi connectivity index (χ1n) is 6.04. The van der Waals surface area contributed by atoms with Crippen molar-refractivity contribution in [3.05, 3.63) is 58.0 Å². The Morgan fingerprint density at radius 1 is 1.20 bits per heavy atom. The van der Waals surface area contributed by atoms with E-state index in [0.29, 0.717) is 24.3 Å². The minimum absolute atomic E-state index is 0.00465. The first-order chi connectivity index (χ1) is 9.58. The average molecular weight is 280 g/mol. The number of hydrogen-bond donors (Lipinski definition) is 2. The Morgan fingerprint density at radius 3 is 2.50 bits per heavy atom. The van der Waals surface area contributed by atoms with Gasteiger partial charge in [-0.2, -0.15) is 5.10 Å². The lowest BCUT2D eigenvalue weighted by Gasteiger charge is -2.07. The largest absolute Gasteiger partial charge is 0.382 e. The van der Waals surface area contributed by atoms with Crippen LogP contribution in [0.4, 0.5) is 14.5 Å². The smallest absolute Gasteiger partial charge is 0.269 e. The van der Waals surface area contributed by atoms with Gasteiger partial charge in [-0.05, 0) is 17.7 Å². The van der Waals surface area contributed by atoms with E-state index in [1.54, 1.807) is 0 Å². The van der Waals surface area contributed by atoms with Crippen LogP contribution in [0.5, 0.6) is 0 Å². The molecule has 0 bridgehead atoms. The molecule has 20 heavy (non-hydrogen) atoms. The van der Waals surface area contributed by atoms with Crippen molar-refractivity contribution in [2.45, 2.75) is 6.54 Å². The molecule has 3 N–H and O–H groups in total. The summed E-state index contributed by atoms with van der Waals surface area (Å²) in [6.45, 7) is 0.969. The first-order valence-corrected chi connectivity index (χ1v) is 6.04. The second-order valence-corrected chi connectivity index (χ2v) is 4.23. The zero-order chi connectivity index (χ0) is 14.5. The molecule has 1 aromatic heterocycles. The number of aromatic nitrogens is 2. The summed E-state index contributed by atoms with van der Waals surface area (Å²) in [4.78, 5) is 11.8. The lowest BCUT2D eigenvalue weighted by Crippen LogP contribution is -2.24. The SMILES string of the molecule is NCCNc1cnn(Cc2cc(F)cc(F)c2)c(=O)c1. The number of nitrogens with one attached hydrogen (secondary N) is 1. The Bertz CT molecular complexity index is 637. The van der Waals surface area contributed by atoms with Gasteiger partial charge in [-0.15, -0.1) is 0 Å². The van der Waals surface area contributed by atoms with Gasteiger partial charge in [0, 0.05) is 25.2 Å². The number of anilines is 1. The molecule has 2 aromatic rings. The molecule has 0 aliphatic carbocycles. The highest BCUT2D eigenvalue weighted by atomic mass is 19.1. The van der Waals surface area contributed by atoms with Crippen molar-refractivity contribution in [3.63, 3.8) is 0 Å². The fourth-order valence-electron chi connectivity index (χ4n) is 1.74. The van der Waals surface area contributed by atoms with Crippen LogP contribution in [0.15, 0.2) is 35.3 Å². The minimum atomic E-state index is -0.686. The zero-order valence-corrected chi connectivity index (χ0v) is 10.6. The topological polar surface area (TPSA) is 72.9 Å². The molecule has 0 atom stereocenters. The van der Waals surface area contributed by atoms with Gasteiger partial charge in [0.25, 0.3) is 5.56 Å². The third-order valence-corrected chi connectivity index (χ3v) is 2.60. The summed E-state index contributed by atoms with van der Waals surface area (Å²) in [6.07, 6.45) is 1.46. The van der Waals surface area contributed by atoms with Crippen LogP contribution >= 0.6 is 0 Å². The number of nitrogens with zero attached hydrogens (tertiary/aromatic N) is 2. The number of halogens is 2. The second kappa shape index (κ2) is 6.25. The number of rotatable bonds is 5. The van der Waals surface area contributed by atoms with Gasteiger partial charge in [-0.25, -0.2) is 13.5 Å². The summed E-state index contributed by atoms with van der Waals surface area (Å²) in [5.74, 6) is -1.37. The molecule has 0 saturated carbocycles. The number of benzene rings is 1. The molecular formula is C13H14F2N4O. The highest BCUT2D eigenvalue weighted by molar-refractivity contribution is 5.38. The fourth-order valence-corrected chi connectivity index (χ4v) is 1.74. The summed E-state index contributed by atoms with van der Waals surface area (Å²) < 4.78 is 27.3. The Morgan fingerprint density at radius 2 is 1.90 bits per heavy atom. The highest BCUT2D eigenvalue weighted by Gasteiger charge is 2.04. The van der Waals surface area contributed by atoms with Gasteiger partial charge in [0.1, 0.15) is 11.6 Å². The Labute approximate surface area is 114 Å². The standard InChI is InChI=1S/C13H14F2N4O/c14-10-3-9(4-11(15)5-10)8-19-13(20)6-12(7-18-19)17-2-1-16/h3-7,17H,1-2,8,16H2. The predicted octanol–water partition coefficient (Wildman–Crippen LogP) is 0.940. The quantitative estimate of drug-likeness (QED) is 0.855. The van der Waals surface area contributed by atoms with Crippen LogP contribution in [0, 0.1) is 11.6 Å². The van der Waals surface area contributed by atoms with E-state index in [1.165, 1.54) is 12.3 Å². The predicted molar refractivity (Wildman–Crippen MR) is 71.5 cm³/mol. The highest BCUT2D eigenvalue weighted by Crippen LogP contribution is 2.08. The molecule has 0 radical (unpaired) electrons. The van der Waals surface area contributed by atoms with Gasteiger partial charge in [0.2, 0.25) is 0 Å². The van der Waals surface area contributed by atoms with Crippen LogP contribution < -0.4 is 16.6 Å². The van der Waals surface area contributed by atoms with Crippen LogP contribution in [0.2, 0.25) is 0 Å². The summed E-state index contributed by atoms with van der Waals surface area (Å²) in [5.41, 5.74) is 5.86. The van der Waals surface area contributed by atoms with E-state index < -0.39 is 11.6 Å². The van der Waals surface area contributed by atoms with E-state index in [-0.39, 0.29) is 12.1 Å². The number of hydrogen-bond acceptors (Lipinski definition) is 4. The molecule has 0 fully saturated rings. The summed E-state index contributed by atoms with van der Waals surface area (Å²) in [6, 6.07) is 4.47. The van der Waals surface area contributed by atoms with Gasteiger partial charge in [0.15, 0.2) is 0 Å².